The number of hydrogen-bond acceptors (Lipinski definition) is 7. The summed E-state index contributed by atoms with van der Waals surface area (Å²) < 4.78 is 34.5. The molecule has 5 rings (SSSR count). The van der Waals surface area contributed by atoms with Crippen molar-refractivity contribution in [1.82, 2.24) is 24.6 Å². The summed E-state index contributed by atoms with van der Waals surface area (Å²) in [6.07, 6.45) is 7.92. The van der Waals surface area contributed by atoms with Gasteiger partial charge in [0.2, 0.25) is 5.91 Å². The normalized spacial score (nSPS) is 15.6. The zero-order valence-electron chi connectivity index (χ0n) is 20.7. The second-order valence-corrected chi connectivity index (χ2v) is 9.14. The van der Waals surface area contributed by atoms with Gasteiger partial charge in [-0.1, -0.05) is 6.07 Å². The van der Waals surface area contributed by atoms with Gasteiger partial charge in [-0.25, -0.2) is 18.7 Å². The van der Waals surface area contributed by atoms with Crippen molar-refractivity contribution in [2.75, 3.05) is 30.3 Å². The highest BCUT2D eigenvalue weighted by Crippen LogP contribution is 2.26. The molecule has 197 valence electrons. The fraction of sp³-hybridized carbons (Fsp3) is 0.296. The number of hydrogen-bond donors (Lipinski definition) is 2. The quantitative estimate of drug-likeness (QED) is 0.296. The number of anilines is 3. The molecule has 1 radical (unpaired) electrons. The van der Waals surface area contributed by atoms with Crippen LogP contribution in [0.2, 0.25) is 0 Å². The molecule has 1 amide bonds. The Labute approximate surface area is 218 Å². The Morgan fingerprint density at radius 2 is 2.11 bits per heavy atom. The second kappa shape index (κ2) is 11.5. The molecule has 1 fully saturated rings. The average Bonchev–Trinajstić information content (AvgIpc) is 3.52. The largest absolute Gasteiger partial charge is 0.493 e. The molecular weight excluding hydrogens is 492 g/mol. The molecule has 4 aromatic rings. The molecule has 0 bridgehead atoms. The summed E-state index contributed by atoms with van der Waals surface area (Å²) >= 11 is 0. The highest BCUT2D eigenvalue weighted by molar-refractivity contribution is 5.92. The van der Waals surface area contributed by atoms with E-state index in [0.717, 1.165) is 48.6 Å². The van der Waals surface area contributed by atoms with Crippen molar-refractivity contribution in [3.63, 3.8) is 0 Å². The third-order valence-electron chi connectivity index (χ3n) is 6.39. The van der Waals surface area contributed by atoms with Crippen molar-refractivity contribution in [3.05, 3.63) is 73.7 Å². The van der Waals surface area contributed by atoms with Crippen LogP contribution in [0.1, 0.15) is 19.3 Å². The highest BCUT2D eigenvalue weighted by atomic mass is 19.2. The van der Waals surface area contributed by atoms with Crippen molar-refractivity contribution < 1.29 is 18.3 Å². The molecule has 3 heterocycles. The summed E-state index contributed by atoms with van der Waals surface area (Å²) in [5, 5.41) is 10.5. The molecule has 0 unspecified atom stereocenters. The van der Waals surface area contributed by atoms with E-state index >= 15 is 0 Å². The van der Waals surface area contributed by atoms with Gasteiger partial charge in [0, 0.05) is 30.2 Å². The van der Waals surface area contributed by atoms with Crippen LogP contribution < -0.4 is 15.4 Å². The molecular formula is C27H28F2N7O2. The van der Waals surface area contributed by atoms with E-state index < -0.39 is 17.5 Å². The summed E-state index contributed by atoms with van der Waals surface area (Å²) in [6, 6.07) is 9.65. The van der Waals surface area contributed by atoms with Gasteiger partial charge in [0.1, 0.15) is 24.4 Å². The van der Waals surface area contributed by atoms with Crippen LogP contribution in [-0.4, -0.2) is 56.3 Å². The van der Waals surface area contributed by atoms with Crippen LogP contribution in [-0.2, 0) is 11.3 Å². The third-order valence-corrected chi connectivity index (χ3v) is 6.39. The van der Waals surface area contributed by atoms with Crippen LogP contribution in [0.3, 0.4) is 0 Å². The van der Waals surface area contributed by atoms with Crippen LogP contribution in [0, 0.1) is 18.6 Å². The van der Waals surface area contributed by atoms with Gasteiger partial charge in [0.05, 0.1) is 29.7 Å². The highest BCUT2D eigenvalue weighted by Gasteiger charge is 2.19. The maximum Gasteiger partial charge on any atom is 0.246 e. The van der Waals surface area contributed by atoms with Crippen LogP contribution >= 0.6 is 0 Å². The predicted molar refractivity (Wildman–Crippen MR) is 140 cm³/mol. The van der Waals surface area contributed by atoms with Gasteiger partial charge >= 0.3 is 0 Å². The van der Waals surface area contributed by atoms with E-state index in [0.29, 0.717) is 24.2 Å². The minimum Gasteiger partial charge on any atom is -0.493 e. The second-order valence-electron chi connectivity index (χ2n) is 9.14. The van der Waals surface area contributed by atoms with Gasteiger partial charge in [0.15, 0.2) is 11.6 Å². The molecule has 0 saturated carbocycles. The van der Waals surface area contributed by atoms with Crippen molar-refractivity contribution >= 4 is 34.0 Å². The van der Waals surface area contributed by atoms with E-state index in [-0.39, 0.29) is 12.2 Å². The number of amides is 1. The number of ether oxygens (including phenoxy) is 1. The topological polar surface area (TPSA) is 97.2 Å². The number of likely N-dealkylation sites (tertiary alicyclic amines) is 1. The van der Waals surface area contributed by atoms with Gasteiger partial charge in [0.25, 0.3) is 0 Å². The van der Waals surface area contributed by atoms with E-state index in [1.54, 1.807) is 6.20 Å². The molecule has 2 N–H and O–H groups in total. The average molecular weight is 521 g/mol. The molecule has 9 nitrogen and oxygen atoms in total. The summed E-state index contributed by atoms with van der Waals surface area (Å²) in [4.78, 5) is 23.4. The Balaban J connectivity index is 1.17. The lowest BCUT2D eigenvalue weighted by Crippen LogP contribution is -2.28. The van der Waals surface area contributed by atoms with Crippen molar-refractivity contribution in [2.24, 2.45) is 0 Å². The number of benzene rings is 2. The Morgan fingerprint density at radius 1 is 1.21 bits per heavy atom. The van der Waals surface area contributed by atoms with Crippen molar-refractivity contribution in [2.45, 2.75) is 31.8 Å². The van der Waals surface area contributed by atoms with Crippen molar-refractivity contribution in [1.29, 1.82) is 0 Å². The zero-order chi connectivity index (χ0) is 26.5. The fourth-order valence-corrected chi connectivity index (χ4v) is 4.46. The molecule has 11 heteroatoms. The Morgan fingerprint density at radius 3 is 2.95 bits per heavy atom. The first-order valence-corrected chi connectivity index (χ1v) is 12.4. The lowest BCUT2D eigenvalue weighted by Gasteiger charge is -2.20. The standard InChI is InChI=1S/C27H28F2N7O2/c1-18-5-3-10-35(18)11-4-12-38-20-8-9-21-24(13-20)30-17-31-27(21)33-19-14-32-36(15-19)16-25(37)34-23-7-2-6-22(28)26(23)29/h2,6-9,13-15,17-18H,1,3-5,10-12,16H2,(H,34,37)(H,30,31,33)/t18-/m1/s1. The minimum atomic E-state index is -1.11. The fourth-order valence-electron chi connectivity index (χ4n) is 4.46. The van der Waals surface area contributed by atoms with E-state index in [1.807, 2.05) is 18.2 Å². The van der Waals surface area contributed by atoms with Gasteiger partial charge in [-0.3, -0.25) is 9.48 Å². The van der Waals surface area contributed by atoms with Crippen LogP contribution in [0.15, 0.2) is 55.1 Å². The third kappa shape index (κ3) is 6.05. The number of halogens is 2. The summed E-state index contributed by atoms with van der Waals surface area (Å²) in [5.41, 5.74) is 1.09. The lowest BCUT2D eigenvalue weighted by molar-refractivity contribution is -0.116. The Bertz CT molecular complexity index is 1430. The monoisotopic (exact) mass is 520 g/mol. The number of fused-ring (bicyclic) bond motifs is 1. The van der Waals surface area contributed by atoms with Crippen molar-refractivity contribution in [3.8, 4) is 5.75 Å². The molecule has 38 heavy (non-hydrogen) atoms. The first-order chi connectivity index (χ1) is 18.5. The summed E-state index contributed by atoms with van der Waals surface area (Å²) in [6.45, 7) is 6.70. The number of rotatable bonds is 10. The molecule has 0 spiro atoms. The maximum atomic E-state index is 13.8. The van der Waals surface area contributed by atoms with Gasteiger partial charge in [-0.15, -0.1) is 0 Å². The van der Waals surface area contributed by atoms with Crippen LogP contribution in [0.4, 0.5) is 26.0 Å². The number of nitrogens with one attached hydrogen (secondary N) is 2. The van der Waals surface area contributed by atoms with E-state index in [4.69, 9.17) is 4.74 Å². The summed E-state index contributed by atoms with van der Waals surface area (Å²) in [7, 11) is 0. The van der Waals surface area contributed by atoms with E-state index in [9.17, 15) is 13.6 Å². The zero-order valence-corrected chi connectivity index (χ0v) is 20.7. The molecule has 1 atom stereocenters. The summed E-state index contributed by atoms with van der Waals surface area (Å²) in [5.74, 6) is -1.38. The molecule has 1 aliphatic rings. The number of carbonyl (C=O) groups is 1. The molecule has 0 aliphatic carbocycles. The van der Waals surface area contributed by atoms with Gasteiger partial charge in [-0.2, -0.15) is 5.10 Å². The Hall–Kier alpha value is -4.12. The molecule has 2 aromatic carbocycles. The number of carbonyl (C=O) groups excluding carboxylic acids is 1. The molecule has 2 aromatic heterocycles. The van der Waals surface area contributed by atoms with Gasteiger partial charge in [-0.05, 0) is 57.0 Å². The predicted octanol–water partition coefficient (Wildman–Crippen LogP) is 4.55. The van der Waals surface area contributed by atoms with Gasteiger partial charge < -0.3 is 20.3 Å². The molecule has 1 saturated heterocycles. The van der Waals surface area contributed by atoms with E-state index in [1.165, 1.54) is 35.8 Å². The van der Waals surface area contributed by atoms with Crippen LogP contribution in [0.25, 0.3) is 10.9 Å². The first kappa shape index (κ1) is 25.5. The van der Waals surface area contributed by atoms with E-state index in [2.05, 4.69) is 37.5 Å². The maximum absolute atomic E-state index is 13.8. The molecule has 1 aliphatic heterocycles. The smallest absolute Gasteiger partial charge is 0.246 e. The first-order valence-electron chi connectivity index (χ1n) is 12.4. The lowest BCUT2D eigenvalue weighted by atomic mass is 10.2. The Kier molecular flexibility index (Phi) is 7.73. The number of aromatic nitrogens is 4. The van der Waals surface area contributed by atoms with Crippen LogP contribution in [0.5, 0.6) is 5.75 Å². The minimum absolute atomic E-state index is 0.184. The number of nitrogens with zero attached hydrogens (tertiary/aromatic N) is 5. The SMILES string of the molecule is [CH2][C@@H]1CCCN1CCCOc1ccc2c(Nc3cnn(CC(=O)Nc4cccc(F)c4F)c3)ncnc2c1.